The lowest BCUT2D eigenvalue weighted by molar-refractivity contribution is 0.0784. The van der Waals surface area contributed by atoms with Gasteiger partial charge in [-0.2, -0.15) is 0 Å². The molecular formula is C15H12Br2FNO. The van der Waals surface area contributed by atoms with Crippen LogP contribution in [0, 0.1) is 5.82 Å². The van der Waals surface area contributed by atoms with Gasteiger partial charge in [-0.15, -0.1) is 0 Å². The molecule has 0 fully saturated rings. The molecule has 0 heterocycles. The number of hydrogen-bond acceptors (Lipinski definition) is 1. The molecule has 0 bridgehead atoms. The maximum Gasteiger partial charge on any atom is 0.255 e. The zero-order chi connectivity index (χ0) is 14.7. The zero-order valence-electron chi connectivity index (χ0n) is 10.7. The van der Waals surface area contributed by atoms with E-state index in [1.165, 1.54) is 18.2 Å². The lowest BCUT2D eigenvalue weighted by Crippen LogP contribution is -2.26. The van der Waals surface area contributed by atoms with Gasteiger partial charge in [0.2, 0.25) is 0 Å². The van der Waals surface area contributed by atoms with Crippen molar-refractivity contribution in [3.63, 3.8) is 0 Å². The van der Waals surface area contributed by atoms with Crippen LogP contribution in [0.4, 0.5) is 4.39 Å². The second kappa shape index (κ2) is 6.50. The van der Waals surface area contributed by atoms with E-state index in [2.05, 4.69) is 31.9 Å². The highest BCUT2D eigenvalue weighted by atomic mass is 79.9. The number of halogens is 3. The molecule has 0 saturated heterocycles. The maximum absolute atomic E-state index is 13.0. The predicted octanol–water partition coefficient (Wildman–Crippen LogP) is 4.62. The summed E-state index contributed by atoms with van der Waals surface area (Å²) < 4.78 is 14.5. The largest absolute Gasteiger partial charge is 0.337 e. The van der Waals surface area contributed by atoms with Crippen molar-refractivity contribution in [2.75, 3.05) is 7.05 Å². The summed E-state index contributed by atoms with van der Waals surface area (Å²) >= 11 is 6.62. The topological polar surface area (TPSA) is 20.3 Å². The summed E-state index contributed by atoms with van der Waals surface area (Å²) in [5.41, 5.74) is 1.47. The third kappa shape index (κ3) is 3.67. The molecule has 0 atom stereocenters. The van der Waals surface area contributed by atoms with E-state index in [0.29, 0.717) is 16.6 Å². The number of carbonyl (C=O) groups excluding carboxylic acids is 1. The van der Waals surface area contributed by atoms with E-state index >= 15 is 0 Å². The number of amides is 1. The first-order chi connectivity index (χ1) is 9.47. The van der Waals surface area contributed by atoms with Crippen LogP contribution in [0.2, 0.25) is 0 Å². The van der Waals surface area contributed by atoms with Crippen LogP contribution in [-0.4, -0.2) is 17.9 Å². The Kier molecular flexibility index (Phi) is 4.94. The first-order valence-corrected chi connectivity index (χ1v) is 7.51. The van der Waals surface area contributed by atoms with Gasteiger partial charge in [0.25, 0.3) is 5.91 Å². The standard InChI is InChI=1S/C15H12Br2FNO/c1-19(9-10-3-2-4-11(16)7-10)15(20)13-6-5-12(18)8-14(13)17/h2-8H,9H2,1H3. The molecule has 2 nitrogen and oxygen atoms in total. The van der Waals surface area contributed by atoms with Gasteiger partial charge >= 0.3 is 0 Å². The molecule has 0 aliphatic carbocycles. The third-order valence-electron chi connectivity index (χ3n) is 2.82. The normalized spacial score (nSPS) is 10.4. The van der Waals surface area contributed by atoms with Crippen LogP contribution >= 0.6 is 31.9 Å². The minimum atomic E-state index is -0.372. The van der Waals surface area contributed by atoms with E-state index in [9.17, 15) is 9.18 Å². The molecule has 0 radical (unpaired) electrons. The Balaban J connectivity index is 2.16. The molecule has 104 valence electrons. The first kappa shape index (κ1) is 15.2. The van der Waals surface area contributed by atoms with Crippen molar-refractivity contribution in [2.45, 2.75) is 6.54 Å². The molecule has 0 unspecified atom stereocenters. The van der Waals surface area contributed by atoms with Crippen LogP contribution in [-0.2, 0) is 6.54 Å². The molecule has 0 aromatic heterocycles. The average molecular weight is 401 g/mol. The lowest BCUT2D eigenvalue weighted by atomic mass is 10.1. The van der Waals surface area contributed by atoms with Crippen molar-refractivity contribution >= 4 is 37.8 Å². The second-order valence-corrected chi connectivity index (χ2v) is 6.19. The van der Waals surface area contributed by atoms with Crippen molar-refractivity contribution in [3.8, 4) is 0 Å². The van der Waals surface area contributed by atoms with Crippen molar-refractivity contribution in [3.05, 3.63) is 68.4 Å². The zero-order valence-corrected chi connectivity index (χ0v) is 13.9. The SMILES string of the molecule is CN(Cc1cccc(Br)c1)C(=O)c1ccc(F)cc1Br. The molecular weight excluding hydrogens is 389 g/mol. The van der Waals surface area contributed by atoms with Crippen LogP contribution in [0.1, 0.15) is 15.9 Å². The van der Waals surface area contributed by atoms with E-state index in [4.69, 9.17) is 0 Å². The van der Waals surface area contributed by atoms with Gasteiger partial charge < -0.3 is 4.90 Å². The molecule has 2 rings (SSSR count). The highest BCUT2D eigenvalue weighted by Crippen LogP contribution is 2.20. The van der Waals surface area contributed by atoms with Crippen LogP contribution < -0.4 is 0 Å². The van der Waals surface area contributed by atoms with Crippen molar-refractivity contribution in [1.29, 1.82) is 0 Å². The number of rotatable bonds is 3. The molecule has 0 aliphatic heterocycles. The number of carbonyl (C=O) groups is 1. The first-order valence-electron chi connectivity index (χ1n) is 5.92. The fourth-order valence-electron chi connectivity index (χ4n) is 1.85. The van der Waals surface area contributed by atoms with Crippen LogP contribution in [0.5, 0.6) is 0 Å². The summed E-state index contributed by atoms with van der Waals surface area (Å²) in [5, 5.41) is 0. The average Bonchev–Trinajstić information content (AvgIpc) is 2.38. The summed E-state index contributed by atoms with van der Waals surface area (Å²) in [6, 6.07) is 11.8. The van der Waals surface area contributed by atoms with Gasteiger partial charge in [-0.25, -0.2) is 4.39 Å². The van der Waals surface area contributed by atoms with Gasteiger partial charge in [0.1, 0.15) is 5.82 Å². The van der Waals surface area contributed by atoms with E-state index in [0.717, 1.165) is 10.0 Å². The van der Waals surface area contributed by atoms with E-state index in [1.54, 1.807) is 11.9 Å². The summed E-state index contributed by atoms with van der Waals surface area (Å²) in [7, 11) is 1.72. The number of nitrogens with zero attached hydrogens (tertiary/aromatic N) is 1. The molecule has 2 aromatic rings. The Labute approximate surface area is 133 Å². The lowest BCUT2D eigenvalue weighted by Gasteiger charge is -2.18. The van der Waals surface area contributed by atoms with Gasteiger partial charge in [-0.05, 0) is 51.8 Å². The molecule has 1 amide bonds. The molecule has 2 aromatic carbocycles. The van der Waals surface area contributed by atoms with E-state index in [1.807, 2.05) is 24.3 Å². The Bertz CT molecular complexity index is 646. The molecule has 20 heavy (non-hydrogen) atoms. The fourth-order valence-corrected chi connectivity index (χ4v) is 2.82. The van der Waals surface area contributed by atoms with Gasteiger partial charge in [0.05, 0.1) is 5.56 Å². The molecule has 0 spiro atoms. The Morgan fingerprint density at radius 3 is 2.60 bits per heavy atom. The van der Waals surface area contributed by atoms with Gasteiger partial charge in [-0.1, -0.05) is 28.1 Å². The Morgan fingerprint density at radius 2 is 1.95 bits per heavy atom. The summed E-state index contributed by atoms with van der Waals surface area (Å²) in [4.78, 5) is 13.9. The summed E-state index contributed by atoms with van der Waals surface area (Å²) in [6.07, 6.45) is 0. The van der Waals surface area contributed by atoms with E-state index in [-0.39, 0.29) is 11.7 Å². The highest BCUT2D eigenvalue weighted by molar-refractivity contribution is 9.10. The van der Waals surface area contributed by atoms with E-state index < -0.39 is 0 Å². The fraction of sp³-hybridized carbons (Fsp3) is 0.133. The quantitative estimate of drug-likeness (QED) is 0.735. The van der Waals surface area contributed by atoms with Gasteiger partial charge in [-0.3, -0.25) is 4.79 Å². The van der Waals surface area contributed by atoms with Crippen molar-refractivity contribution in [2.24, 2.45) is 0 Å². The second-order valence-electron chi connectivity index (χ2n) is 4.42. The van der Waals surface area contributed by atoms with Crippen LogP contribution in [0.15, 0.2) is 51.4 Å². The van der Waals surface area contributed by atoms with Gasteiger partial charge in [0, 0.05) is 22.5 Å². The van der Waals surface area contributed by atoms with Crippen LogP contribution in [0.25, 0.3) is 0 Å². The monoisotopic (exact) mass is 399 g/mol. The smallest absolute Gasteiger partial charge is 0.255 e. The number of benzene rings is 2. The molecule has 0 saturated carbocycles. The maximum atomic E-state index is 13.0. The molecule has 0 N–H and O–H groups in total. The summed E-state index contributed by atoms with van der Waals surface area (Å²) in [5.74, 6) is -0.528. The minimum absolute atomic E-state index is 0.156. The Morgan fingerprint density at radius 1 is 1.20 bits per heavy atom. The highest BCUT2D eigenvalue weighted by Gasteiger charge is 2.15. The van der Waals surface area contributed by atoms with Crippen molar-refractivity contribution in [1.82, 2.24) is 4.90 Å². The third-order valence-corrected chi connectivity index (χ3v) is 3.97. The predicted molar refractivity (Wildman–Crippen MR) is 84.0 cm³/mol. The number of hydrogen-bond donors (Lipinski definition) is 0. The molecule has 5 heteroatoms. The van der Waals surface area contributed by atoms with Crippen molar-refractivity contribution < 1.29 is 9.18 Å². The van der Waals surface area contributed by atoms with Crippen LogP contribution in [0.3, 0.4) is 0 Å². The molecule has 0 aliphatic rings. The summed E-state index contributed by atoms with van der Waals surface area (Å²) in [6.45, 7) is 0.488. The minimum Gasteiger partial charge on any atom is -0.337 e. The Hall–Kier alpha value is -1.20. The van der Waals surface area contributed by atoms with Gasteiger partial charge in [0.15, 0.2) is 0 Å².